The lowest BCUT2D eigenvalue weighted by Gasteiger charge is -2.46. The van der Waals surface area contributed by atoms with Gasteiger partial charge in [-0.15, -0.1) is 0 Å². The van der Waals surface area contributed by atoms with Crippen molar-refractivity contribution in [2.75, 3.05) is 5.75 Å². The molecular formula is C7H9NO4S. The predicted octanol–water partition coefficient (Wildman–Crippen LogP) is -0.850. The number of carbonyl (C=O) groups is 2. The van der Waals surface area contributed by atoms with E-state index in [9.17, 15) is 14.1 Å². The fourth-order valence-electron chi connectivity index (χ4n) is 1.74. The van der Waals surface area contributed by atoms with Crippen molar-refractivity contribution in [1.82, 2.24) is 4.90 Å². The number of hydrogen-bond donors (Lipinski definition) is 1. The zero-order chi connectivity index (χ0) is 9.59. The van der Waals surface area contributed by atoms with Crippen LogP contribution in [0.2, 0.25) is 0 Å². The van der Waals surface area contributed by atoms with Gasteiger partial charge >= 0.3 is 5.97 Å². The van der Waals surface area contributed by atoms with E-state index in [2.05, 4.69) is 0 Å². The van der Waals surface area contributed by atoms with Crippen LogP contribution in [0.1, 0.15) is 12.8 Å². The third-order valence-corrected chi connectivity index (χ3v) is 4.10. The second kappa shape index (κ2) is 2.88. The molecule has 72 valence electrons. The molecule has 2 fully saturated rings. The minimum atomic E-state index is -1.04. The highest BCUT2D eigenvalue weighted by atomic mass is 32.2. The molecule has 2 aliphatic rings. The molecule has 0 saturated carbocycles. The molecule has 0 bridgehead atoms. The number of carboxylic acids is 1. The van der Waals surface area contributed by atoms with Gasteiger partial charge in [-0.2, -0.15) is 0 Å². The van der Waals surface area contributed by atoms with Gasteiger partial charge in [0.05, 0.1) is 6.42 Å². The molecule has 1 N–H and O–H groups in total. The summed E-state index contributed by atoms with van der Waals surface area (Å²) in [5.74, 6) is -0.786. The maximum Gasteiger partial charge on any atom is 0.326 e. The molecule has 0 aliphatic carbocycles. The van der Waals surface area contributed by atoms with Crippen molar-refractivity contribution in [3.8, 4) is 0 Å². The highest BCUT2D eigenvalue weighted by Gasteiger charge is 2.53. The van der Waals surface area contributed by atoms with Crippen LogP contribution < -0.4 is 0 Å². The molecule has 5 nitrogen and oxygen atoms in total. The first-order valence-electron chi connectivity index (χ1n) is 4.02. The van der Waals surface area contributed by atoms with Crippen LogP contribution in [-0.2, 0) is 20.8 Å². The number of amides is 1. The molecule has 2 saturated heterocycles. The van der Waals surface area contributed by atoms with Crippen LogP contribution in [0.15, 0.2) is 0 Å². The number of aliphatic carboxylic acids is 1. The van der Waals surface area contributed by atoms with E-state index in [1.807, 2.05) is 0 Å². The van der Waals surface area contributed by atoms with E-state index in [1.54, 1.807) is 0 Å². The summed E-state index contributed by atoms with van der Waals surface area (Å²) in [6.07, 6.45) is 0.556. The summed E-state index contributed by atoms with van der Waals surface area (Å²) >= 11 is -1.04. The predicted molar refractivity (Wildman–Crippen MR) is 44.3 cm³/mol. The largest absolute Gasteiger partial charge is 0.615 e. The van der Waals surface area contributed by atoms with Crippen molar-refractivity contribution in [3.05, 3.63) is 0 Å². The van der Waals surface area contributed by atoms with Crippen LogP contribution in [0, 0.1) is 0 Å². The minimum absolute atomic E-state index is 0.189. The lowest BCUT2D eigenvalue weighted by molar-refractivity contribution is -0.158. The number of carbonyl (C=O) groups excluding carboxylic acids is 1. The van der Waals surface area contributed by atoms with E-state index in [4.69, 9.17) is 5.11 Å². The van der Waals surface area contributed by atoms with Gasteiger partial charge in [-0.3, -0.25) is 9.69 Å². The smallest absolute Gasteiger partial charge is 0.326 e. The second-order valence-electron chi connectivity index (χ2n) is 3.19. The molecule has 0 aromatic rings. The maximum atomic E-state index is 11.3. The number of hydrogen-bond acceptors (Lipinski definition) is 3. The topological polar surface area (TPSA) is 80.7 Å². The van der Waals surface area contributed by atoms with E-state index in [0.717, 1.165) is 0 Å². The van der Waals surface area contributed by atoms with Crippen molar-refractivity contribution in [2.45, 2.75) is 24.3 Å². The van der Waals surface area contributed by atoms with E-state index < -0.39 is 23.2 Å². The van der Waals surface area contributed by atoms with E-state index >= 15 is 0 Å². The van der Waals surface area contributed by atoms with Crippen molar-refractivity contribution < 1.29 is 19.2 Å². The van der Waals surface area contributed by atoms with Gasteiger partial charge < -0.3 is 9.66 Å². The molecule has 0 radical (unpaired) electrons. The molecule has 6 heteroatoms. The van der Waals surface area contributed by atoms with Gasteiger partial charge in [0.2, 0.25) is 5.91 Å². The van der Waals surface area contributed by atoms with E-state index in [0.29, 0.717) is 12.2 Å². The molecule has 0 aromatic carbocycles. The first kappa shape index (κ1) is 8.83. The molecule has 2 rings (SSSR count). The van der Waals surface area contributed by atoms with Crippen LogP contribution in [0.3, 0.4) is 0 Å². The Balaban J connectivity index is 2.15. The first-order chi connectivity index (χ1) is 6.11. The van der Waals surface area contributed by atoms with Crippen molar-refractivity contribution in [1.29, 1.82) is 0 Å². The summed E-state index contributed by atoms with van der Waals surface area (Å²) in [6, 6.07) is -0.746. The average Bonchev–Trinajstić information content (AvgIpc) is 2.05. The Hall–Kier alpha value is -0.750. The number of fused-ring (bicyclic) bond motifs is 1. The van der Waals surface area contributed by atoms with Gasteiger partial charge in [-0.05, 0) is 11.2 Å². The summed E-state index contributed by atoms with van der Waals surface area (Å²) in [7, 11) is 0. The zero-order valence-electron chi connectivity index (χ0n) is 6.80. The Labute approximate surface area is 77.9 Å². The number of nitrogens with zero attached hydrogens (tertiary/aromatic N) is 1. The van der Waals surface area contributed by atoms with E-state index in [1.165, 1.54) is 4.90 Å². The van der Waals surface area contributed by atoms with Gasteiger partial charge in [0.25, 0.3) is 0 Å². The third kappa shape index (κ3) is 1.21. The monoisotopic (exact) mass is 203 g/mol. The highest BCUT2D eigenvalue weighted by Crippen LogP contribution is 2.33. The molecule has 2 unspecified atom stereocenters. The summed E-state index contributed by atoms with van der Waals surface area (Å²) in [6.45, 7) is 0. The lowest BCUT2D eigenvalue weighted by atomic mass is 10.1. The quantitative estimate of drug-likeness (QED) is 0.444. The molecule has 0 spiro atoms. The van der Waals surface area contributed by atoms with Gasteiger partial charge in [-0.25, -0.2) is 4.79 Å². The fourth-order valence-corrected chi connectivity index (χ4v) is 3.31. The summed E-state index contributed by atoms with van der Waals surface area (Å²) in [5, 5.41) is 8.44. The molecular weight excluding hydrogens is 194 g/mol. The molecule has 1 amide bonds. The Bertz CT molecular complexity index is 269. The molecule has 2 heterocycles. The zero-order valence-corrected chi connectivity index (χ0v) is 7.62. The number of rotatable bonds is 1. The van der Waals surface area contributed by atoms with Crippen LogP contribution >= 0.6 is 0 Å². The average molecular weight is 203 g/mol. The SMILES string of the molecule is O=C(O)C1CC[S+]([O-])[C@@H]2CC(=O)N12. The summed E-state index contributed by atoms with van der Waals surface area (Å²) in [5.41, 5.74) is 0. The van der Waals surface area contributed by atoms with Crippen LogP contribution in [0.4, 0.5) is 0 Å². The Morgan fingerprint density at radius 3 is 2.92 bits per heavy atom. The Kier molecular flexibility index (Phi) is 1.96. The van der Waals surface area contributed by atoms with Crippen molar-refractivity contribution >= 4 is 23.1 Å². The molecule has 0 aromatic heterocycles. The minimum Gasteiger partial charge on any atom is -0.615 e. The molecule has 13 heavy (non-hydrogen) atoms. The Morgan fingerprint density at radius 2 is 2.38 bits per heavy atom. The van der Waals surface area contributed by atoms with Gasteiger partial charge in [-0.1, -0.05) is 0 Å². The molecule has 3 atom stereocenters. The normalized spacial score (nSPS) is 38.1. The third-order valence-electron chi connectivity index (χ3n) is 2.46. The first-order valence-corrected chi connectivity index (χ1v) is 5.40. The second-order valence-corrected chi connectivity index (χ2v) is 4.90. The van der Waals surface area contributed by atoms with E-state index in [-0.39, 0.29) is 17.7 Å². The highest BCUT2D eigenvalue weighted by molar-refractivity contribution is 7.92. The summed E-state index contributed by atoms with van der Waals surface area (Å²) < 4.78 is 11.3. The standard InChI is InChI=1S/C7H9NO4S/c9-5-3-6-8(5)4(7(10)11)1-2-13(6)12/h4,6H,1-3H2,(H,10,11)/t4?,6-,13?/m1/s1. The van der Waals surface area contributed by atoms with Crippen molar-refractivity contribution in [3.63, 3.8) is 0 Å². The maximum absolute atomic E-state index is 11.3. The van der Waals surface area contributed by atoms with Gasteiger partial charge in [0, 0.05) is 6.42 Å². The van der Waals surface area contributed by atoms with Crippen molar-refractivity contribution in [2.24, 2.45) is 0 Å². The summed E-state index contributed by atoms with van der Waals surface area (Å²) in [4.78, 5) is 23.0. The van der Waals surface area contributed by atoms with Gasteiger partial charge in [0.1, 0.15) is 11.8 Å². The molecule has 2 aliphatic heterocycles. The lowest BCUT2D eigenvalue weighted by Crippen LogP contribution is -2.66. The van der Waals surface area contributed by atoms with Crippen LogP contribution in [-0.4, -0.2) is 43.6 Å². The number of carboxylic acid groups (broad SMARTS) is 1. The Morgan fingerprint density at radius 1 is 1.69 bits per heavy atom. The fraction of sp³-hybridized carbons (Fsp3) is 0.714. The van der Waals surface area contributed by atoms with Crippen LogP contribution in [0.5, 0.6) is 0 Å². The number of β-lactam (4-membered cyclic amide) rings is 1. The van der Waals surface area contributed by atoms with Gasteiger partial charge in [0.15, 0.2) is 5.37 Å². The van der Waals surface area contributed by atoms with Crippen LogP contribution in [0.25, 0.3) is 0 Å².